The zero-order chi connectivity index (χ0) is 11.5. The normalized spacial score (nSPS) is 40.8. The molecule has 1 nitrogen and oxygen atoms in total. The molecule has 2 aliphatic rings. The standard InChI is InChI=1S/C14H27N/c1-12(2,3)15-10-8-11-7-9-14(15,6)13(11,4)5/h11H,7-10H2,1-6H3. The van der Waals surface area contributed by atoms with Crippen LogP contribution in [0.3, 0.4) is 0 Å². The Morgan fingerprint density at radius 2 is 1.67 bits per heavy atom. The fourth-order valence-corrected chi connectivity index (χ4v) is 4.17. The highest BCUT2D eigenvalue weighted by Gasteiger charge is 2.58. The molecule has 0 amide bonds. The van der Waals surface area contributed by atoms with Gasteiger partial charge in [0.1, 0.15) is 0 Å². The maximum absolute atomic E-state index is 2.77. The monoisotopic (exact) mass is 209 g/mol. The molecule has 0 N–H and O–H groups in total. The van der Waals surface area contributed by atoms with Gasteiger partial charge in [0.05, 0.1) is 0 Å². The molecule has 2 bridgehead atoms. The highest BCUT2D eigenvalue weighted by Crippen LogP contribution is 2.58. The predicted octanol–water partition coefficient (Wildman–Crippen LogP) is 3.69. The van der Waals surface area contributed by atoms with E-state index in [4.69, 9.17) is 0 Å². The summed E-state index contributed by atoms with van der Waals surface area (Å²) in [6.45, 7) is 15.9. The first-order valence-corrected chi connectivity index (χ1v) is 6.47. The number of nitrogens with zero attached hydrogens (tertiary/aromatic N) is 1. The Morgan fingerprint density at radius 1 is 1.07 bits per heavy atom. The largest absolute Gasteiger partial charge is 0.293 e. The first-order valence-electron chi connectivity index (χ1n) is 6.47. The highest BCUT2D eigenvalue weighted by molar-refractivity contribution is 5.12. The van der Waals surface area contributed by atoms with E-state index >= 15 is 0 Å². The summed E-state index contributed by atoms with van der Waals surface area (Å²) in [4.78, 5) is 2.77. The van der Waals surface area contributed by atoms with Crippen LogP contribution in [0.5, 0.6) is 0 Å². The third-order valence-corrected chi connectivity index (χ3v) is 5.49. The van der Waals surface area contributed by atoms with Gasteiger partial charge in [-0.15, -0.1) is 0 Å². The lowest BCUT2D eigenvalue weighted by Crippen LogP contribution is -2.64. The first kappa shape index (κ1) is 11.4. The fourth-order valence-electron chi connectivity index (χ4n) is 4.17. The van der Waals surface area contributed by atoms with Crippen LogP contribution >= 0.6 is 0 Å². The van der Waals surface area contributed by atoms with Crippen LogP contribution in [0.25, 0.3) is 0 Å². The predicted molar refractivity (Wildman–Crippen MR) is 66.0 cm³/mol. The molecule has 1 aliphatic carbocycles. The Hall–Kier alpha value is -0.0400. The van der Waals surface area contributed by atoms with E-state index in [2.05, 4.69) is 46.4 Å². The van der Waals surface area contributed by atoms with Crippen LogP contribution in [-0.2, 0) is 0 Å². The van der Waals surface area contributed by atoms with Crippen molar-refractivity contribution in [3.05, 3.63) is 0 Å². The van der Waals surface area contributed by atoms with E-state index in [9.17, 15) is 0 Å². The van der Waals surface area contributed by atoms with E-state index in [1.807, 2.05) is 0 Å². The second kappa shape index (κ2) is 3.00. The maximum atomic E-state index is 2.77. The van der Waals surface area contributed by atoms with Crippen molar-refractivity contribution in [2.75, 3.05) is 6.54 Å². The average molecular weight is 209 g/mol. The van der Waals surface area contributed by atoms with E-state index in [1.165, 1.54) is 25.8 Å². The Balaban J connectivity index is 2.38. The van der Waals surface area contributed by atoms with Gasteiger partial charge in [-0.1, -0.05) is 13.8 Å². The minimum Gasteiger partial charge on any atom is -0.293 e. The molecule has 1 heteroatoms. The van der Waals surface area contributed by atoms with Crippen LogP contribution in [0.1, 0.15) is 60.8 Å². The molecule has 2 atom stereocenters. The molecule has 1 heterocycles. The summed E-state index contributed by atoms with van der Waals surface area (Å²) in [7, 11) is 0. The van der Waals surface area contributed by atoms with Crippen molar-refractivity contribution >= 4 is 0 Å². The number of hydrogen-bond acceptors (Lipinski definition) is 1. The van der Waals surface area contributed by atoms with Gasteiger partial charge in [-0.05, 0) is 64.8 Å². The first-order chi connectivity index (χ1) is 6.69. The molecule has 0 aromatic rings. The summed E-state index contributed by atoms with van der Waals surface area (Å²) in [6.07, 6.45) is 4.23. The number of hydrogen-bond donors (Lipinski definition) is 0. The maximum Gasteiger partial charge on any atom is 0.0240 e. The zero-order valence-electron chi connectivity index (χ0n) is 11.4. The van der Waals surface area contributed by atoms with Crippen LogP contribution in [0.2, 0.25) is 0 Å². The molecule has 0 radical (unpaired) electrons. The van der Waals surface area contributed by atoms with Gasteiger partial charge in [-0.3, -0.25) is 4.90 Å². The van der Waals surface area contributed by atoms with Crippen molar-refractivity contribution in [1.29, 1.82) is 0 Å². The molecule has 15 heavy (non-hydrogen) atoms. The minimum atomic E-state index is 0.321. The Kier molecular flexibility index (Phi) is 2.29. The molecule has 1 saturated carbocycles. The third kappa shape index (κ3) is 1.39. The summed E-state index contributed by atoms with van der Waals surface area (Å²) in [6, 6.07) is 0. The molecule has 0 aromatic heterocycles. The molecule has 0 spiro atoms. The van der Waals surface area contributed by atoms with Gasteiger partial charge in [-0.25, -0.2) is 0 Å². The molecular formula is C14H27N. The molecule has 2 rings (SSSR count). The second-order valence-corrected chi connectivity index (χ2v) is 7.34. The van der Waals surface area contributed by atoms with Gasteiger partial charge >= 0.3 is 0 Å². The van der Waals surface area contributed by atoms with Crippen LogP contribution in [0.4, 0.5) is 0 Å². The number of fused-ring (bicyclic) bond motifs is 2. The lowest BCUT2D eigenvalue weighted by molar-refractivity contribution is -0.0860. The summed E-state index contributed by atoms with van der Waals surface area (Å²) in [5.41, 5.74) is 1.24. The van der Waals surface area contributed by atoms with Gasteiger partial charge in [0.15, 0.2) is 0 Å². The van der Waals surface area contributed by atoms with Crippen LogP contribution < -0.4 is 0 Å². The van der Waals surface area contributed by atoms with Crippen LogP contribution in [0, 0.1) is 11.3 Å². The van der Waals surface area contributed by atoms with E-state index in [0.29, 0.717) is 16.5 Å². The topological polar surface area (TPSA) is 3.24 Å². The second-order valence-electron chi connectivity index (χ2n) is 7.34. The smallest absolute Gasteiger partial charge is 0.0240 e. The third-order valence-electron chi connectivity index (χ3n) is 5.49. The van der Waals surface area contributed by atoms with Gasteiger partial charge < -0.3 is 0 Å². The number of likely N-dealkylation sites (tertiary alicyclic amines) is 1. The van der Waals surface area contributed by atoms with Crippen molar-refractivity contribution in [3.63, 3.8) is 0 Å². The Morgan fingerprint density at radius 3 is 2.20 bits per heavy atom. The summed E-state index contributed by atoms with van der Waals surface area (Å²) < 4.78 is 0. The van der Waals surface area contributed by atoms with E-state index in [0.717, 1.165) is 5.92 Å². The van der Waals surface area contributed by atoms with Crippen LogP contribution in [0.15, 0.2) is 0 Å². The summed E-state index contributed by atoms with van der Waals surface area (Å²) in [5.74, 6) is 0.959. The SMILES string of the molecule is CC(C)(C)N1CCC2CCC1(C)C2(C)C. The molecule has 88 valence electrons. The van der Waals surface area contributed by atoms with Crippen molar-refractivity contribution in [2.24, 2.45) is 11.3 Å². The lowest BCUT2D eigenvalue weighted by atomic mass is 9.65. The van der Waals surface area contributed by atoms with E-state index in [1.54, 1.807) is 0 Å². The molecular weight excluding hydrogens is 182 g/mol. The van der Waals surface area contributed by atoms with Crippen molar-refractivity contribution in [3.8, 4) is 0 Å². The number of piperidine rings is 1. The molecule has 0 aromatic carbocycles. The quantitative estimate of drug-likeness (QED) is 0.588. The van der Waals surface area contributed by atoms with Gasteiger partial charge in [0, 0.05) is 11.1 Å². The van der Waals surface area contributed by atoms with Crippen molar-refractivity contribution in [1.82, 2.24) is 4.90 Å². The summed E-state index contributed by atoms with van der Waals surface area (Å²) >= 11 is 0. The van der Waals surface area contributed by atoms with Gasteiger partial charge in [0.25, 0.3) is 0 Å². The zero-order valence-corrected chi connectivity index (χ0v) is 11.4. The molecule has 1 saturated heterocycles. The Bertz CT molecular complexity index is 261. The van der Waals surface area contributed by atoms with Crippen molar-refractivity contribution in [2.45, 2.75) is 71.9 Å². The van der Waals surface area contributed by atoms with E-state index in [-0.39, 0.29) is 0 Å². The number of rotatable bonds is 0. The minimum absolute atomic E-state index is 0.321. The molecule has 2 fully saturated rings. The highest BCUT2D eigenvalue weighted by atomic mass is 15.3. The average Bonchev–Trinajstić information content (AvgIpc) is 2.25. The Labute approximate surface area is 95.2 Å². The molecule has 1 aliphatic heterocycles. The lowest BCUT2D eigenvalue weighted by Gasteiger charge is -2.58. The van der Waals surface area contributed by atoms with Crippen LogP contribution in [-0.4, -0.2) is 22.5 Å². The molecule has 2 unspecified atom stereocenters. The van der Waals surface area contributed by atoms with Gasteiger partial charge in [0.2, 0.25) is 0 Å². The summed E-state index contributed by atoms with van der Waals surface area (Å²) in [5, 5.41) is 0. The fraction of sp³-hybridized carbons (Fsp3) is 1.00. The van der Waals surface area contributed by atoms with E-state index < -0.39 is 0 Å². The van der Waals surface area contributed by atoms with Gasteiger partial charge in [-0.2, -0.15) is 0 Å². The van der Waals surface area contributed by atoms with Crippen molar-refractivity contribution < 1.29 is 0 Å².